The third-order valence-electron chi connectivity index (χ3n) is 2.62. The molecule has 0 spiro atoms. The molecule has 1 aromatic carbocycles. The van der Waals surface area contributed by atoms with E-state index in [9.17, 15) is 0 Å². The van der Waals surface area contributed by atoms with Crippen molar-refractivity contribution in [1.82, 2.24) is 14.6 Å². The van der Waals surface area contributed by atoms with Crippen molar-refractivity contribution in [2.24, 2.45) is 5.73 Å². The Bertz CT molecular complexity index is 657. The Labute approximate surface area is 108 Å². The van der Waals surface area contributed by atoms with Crippen LogP contribution in [0.4, 0.5) is 0 Å². The summed E-state index contributed by atoms with van der Waals surface area (Å²) in [5.74, 6) is 0.822. The fraction of sp³-hybridized carbons (Fsp3) is 0.167. The van der Waals surface area contributed by atoms with Crippen molar-refractivity contribution in [1.29, 1.82) is 0 Å². The van der Waals surface area contributed by atoms with Gasteiger partial charge in [0.25, 0.3) is 0 Å². The largest absolute Gasteiger partial charge is 0.497 e. The van der Waals surface area contributed by atoms with Crippen LogP contribution in [-0.2, 0) is 6.54 Å². The van der Waals surface area contributed by atoms with Crippen LogP contribution in [0.15, 0.2) is 30.5 Å². The van der Waals surface area contributed by atoms with Crippen LogP contribution in [0, 0.1) is 0 Å². The van der Waals surface area contributed by atoms with E-state index < -0.39 is 0 Å². The number of rotatable bonds is 3. The number of aromatic nitrogens is 3. The number of hydrogen-bond donors (Lipinski definition) is 1. The number of hydrogen-bond acceptors (Lipinski definition) is 5. The highest BCUT2D eigenvalue weighted by molar-refractivity contribution is 7.19. The number of nitrogens with two attached hydrogens (primary N) is 1. The first-order chi connectivity index (χ1) is 8.80. The molecule has 0 radical (unpaired) electrons. The molecule has 0 saturated heterocycles. The van der Waals surface area contributed by atoms with Crippen molar-refractivity contribution in [2.45, 2.75) is 6.54 Å². The fourth-order valence-electron chi connectivity index (χ4n) is 1.72. The van der Waals surface area contributed by atoms with E-state index in [0.717, 1.165) is 27.0 Å². The molecule has 0 amide bonds. The maximum absolute atomic E-state index is 5.54. The number of fused-ring (bicyclic) bond motifs is 1. The van der Waals surface area contributed by atoms with Crippen LogP contribution in [0.25, 0.3) is 15.5 Å². The van der Waals surface area contributed by atoms with Gasteiger partial charge in [0.2, 0.25) is 4.96 Å². The minimum atomic E-state index is 0.435. The van der Waals surface area contributed by atoms with Gasteiger partial charge in [0, 0.05) is 12.1 Å². The highest BCUT2D eigenvalue weighted by Crippen LogP contribution is 2.28. The second kappa shape index (κ2) is 4.40. The van der Waals surface area contributed by atoms with E-state index in [1.807, 2.05) is 30.5 Å². The minimum Gasteiger partial charge on any atom is -0.497 e. The molecule has 0 atom stereocenters. The van der Waals surface area contributed by atoms with Gasteiger partial charge in [-0.2, -0.15) is 5.10 Å². The lowest BCUT2D eigenvalue weighted by molar-refractivity contribution is 0.415. The van der Waals surface area contributed by atoms with Gasteiger partial charge in [-0.05, 0) is 12.1 Å². The van der Waals surface area contributed by atoms with Crippen LogP contribution in [-0.4, -0.2) is 21.7 Å². The highest BCUT2D eigenvalue weighted by Gasteiger charge is 2.09. The Kier molecular flexibility index (Phi) is 2.73. The van der Waals surface area contributed by atoms with Crippen LogP contribution in [0.3, 0.4) is 0 Å². The summed E-state index contributed by atoms with van der Waals surface area (Å²) in [7, 11) is 1.65. The standard InChI is InChI=1S/C12H12N4OS/c1-17-10-4-2-3-8(5-10)11-15-16-7-9(6-13)14-12(16)18-11/h2-5,7H,6,13H2,1H3. The molecule has 0 aliphatic rings. The van der Waals surface area contributed by atoms with Gasteiger partial charge in [0.15, 0.2) is 0 Å². The SMILES string of the molecule is COc1cccc(-c2nn3cc(CN)nc3s2)c1. The second-order valence-corrected chi connectivity index (χ2v) is 4.76. The van der Waals surface area contributed by atoms with Crippen molar-refractivity contribution < 1.29 is 4.74 Å². The van der Waals surface area contributed by atoms with Crippen LogP contribution in [0.5, 0.6) is 5.75 Å². The Hall–Kier alpha value is -1.92. The molecule has 0 aliphatic carbocycles. The predicted molar refractivity (Wildman–Crippen MR) is 70.7 cm³/mol. The van der Waals surface area contributed by atoms with Crippen molar-refractivity contribution in [3.8, 4) is 16.3 Å². The maximum atomic E-state index is 5.54. The zero-order chi connectivity index (χ0) is 12.5. The molecule has 2 aromatic heterocycles. The average molecular weight is 260 g/mol. The second-order valence-electron chi connectivity index (χ2n) is 3.80. The molecule has 6 heteroatoms. The van der Waals surface area contributed by atoms with Gasteiger partial charge in [-0.1, -0.05) is 23.5 Å². The van der Waals surface area contributed by atoms with Gasteiger partial charge >= 0.3 is 0 Å². The highest BCUT2D eigenvalue weighted by atomic mass is 32.1. The number of methoxy groups -OCH3 is 1. The summed E-state index contributed by atoms with van der Waals surface area (Å²) in [6.45, 7) is 0.435. The quantitative estimate of drug-likeness (QED) is 0.781. The molecule has 3 rings (SSSR count). The number of ether oxygens (including phenoxy) is 1. The number of benzene rings is 1. The number of imidazole rings is 1. The van der Waals surface area contributed by atoms with Crippen LogP contribution in [0.2, 0.25) is 0 Å². The molecule has 0 unspecified atom stereocenters. The lowest BCUT2D eigenvalue weighted by atomic mass is 10.2. The van der Waals surface area contributed by atoms with Crippen LogP contribution < -0.4 is 10.5 Å². The molecule has 92 valence electrons. The van der Waals surface area contributed by atoms with E-state index in [1.54, 1.807) is 11.6 Å². The molecule has 0 saturated carbocycles. The molecule has 0 aliphatic heterocycles. The summed E-state index contributed by atoms with van der Waals surface area (Å²) >= 11 is 1.54. The molecular weight excluding hydrogens is 248 g/mol. The topological polar surface area (TPSA) is 65.4 Å². The third kappa shape index (κ3) is 1.85. The molecule has 3 aromatic rings. The fourth-order valence-corrected chi connectivity index (χ4v) is 2.61. The monoisotopic (exact) mass is 260 g/mol. The van der Waals surface area contributed by atoms with Gasteiger partial charge in [-0.3, -0.25) is 0 Å². The first-order valence-corrected chi connectivity index (χ1v) is 6.31. The summed E-state index contributed by atoms with van der Waals surface area (Å²) in [5.41, 5.74) is 7.42. The van der Waals surface area contributed by atoms with Crippen LogP contribution in [0.1, 0.15) is 5.69 Å². The first kappa shape index (κ1) is 11.2. The van der Waals surface area contributed by atoms with Crippen molar-refractivity contribution in [3.05, 3.63) is 36.2 Å². The Morgan fingerprint density at radius 2 is 2.33 bits per heavy atom. The van der Waals surface area contributed by atoms with E-state index in [1.165, 1.54) is 11.3 Å². The summed E-state index contributed by atoms with van der Waals surface area (Å²) < 4.78 is 6.97. The Morgan fingerprint density at radius 1 is 1.44 bits per heavy atom. The van der Waals surface area contributed by atoms with E-state index in [0.29, 0.717) is 6.54 Å². The average Bonchev–Trinajstić information content (AvgIpc) is 2.96. The normalized spacial score (nSPS) is 11.0. The van der Waals surface area contributed by atoms with E-state index in [2.05, 4.69) is 10.1 Å². The van der Waals surface area contributed by atoms with Crippen molar-refractivity contribution in [3.63, 3.8) is 0 Å². The smallest absolute Gasteiger partial charge is 0.212 e. The molecule has 2 N–H and O–H groups in total. The van der Waals surface area contributed by atoms with Gasteiger partial charge in [0.05, 0.1) is 19.0 Å². The zero-order valence-corrected chi connectivity index (χ0v) is 10.6. The first-order valence-electron chi connectivity index (χ1n) is 5.50. The molecule has 5 nitrogen and oxygen atoms in total. The summed E-state index contributed by atoms with van der Waals surface area (Å²) in [6.07, 6.45) is 1.86. The Balaban J connectivity index is 2.05. The van der Waals surface area contributed by atoms with Gasteiger partial charge < -0.3 is 10.5 Å². The van der Waals surface area contributed by atoms with Gasteiger partial charge in [-0.15, -0.1) is 0 Å². The van der Waals surface area contributed by atoms with E-state index in [4.69, 9.17) is 10.5 Å². The molecule has 0 fully saturated rings. The predicted octanol–water partition coefficient (Wildman–Crippen LogP) is 1.93. The maximum Gasteiger partial charge on any atom is 0.212 e. The Morgan fingerprint density at radius 3 is 3.06 bits per heavy atom. The van der Waals surface area contributed by atoms with Gasteiger partial charge in [0.1, 0.15) is 10.8 Å². The molecule has 0 bridgehead atoms. The van der Waals surface area contributed by atoms with Crippen LogP contribution >= 0.6 is 11.3 Å². The molecular formula is C12H12N4OS. The zero-order valence-electron chi connectivity index (χ0n) is 9.83. The van der Waals surface area contributed by atoms with Gasteiger partial charge in [-0.25, -0.2) is 9.50 Å². The van der Waals surface area contributed by atoms with Crippen molar-refractivity contribution in [2.75, 3.05) is 7.11 Å². The minimum absolute atomic E-state index is 0.435. The lowest BCUT2D eigenvalue weighted by Crippen LogP contribution is -1.95. The summed E-state index contributed by atoms with van der Waals surface area (Å²) in [5, 5.41) is 5.41. The van der Waals surface area contributed by atoms with Crippen molar-refractivity contribution >= 4 is 16.3 Å². The van der Waals surface area contributed by atoms with E-state index >= 15 is 0 Å². The molecule has 18 heavy (non-hydrogen) atoms. The summed E-state index contributed by atoms with van der Waals surface area (Å²) in [4.78, 5) is 5.24. The van der Waals surface area contributed by atoms with E-state index in [-0.39, 0.29) is 0 Å². The third-order valence-corrected chi connectivity index (χ3v) is 3.59. The summed E-state index contributed by atoms with van der Waals surface area (Å²) in [6, 6.07) is 7.82. The lowest BCUT2D eigenvalue weighted by Gasteiger charge is -2.00. The molecule has 2 heterocycles. The number of nitrogens with zero attached hydrogens (tertiary/aromatic N) is 3.